The molecule has 0 aliphatic carbocycles. The third-order valence-electron chi connectivity index (χ3n) is 4.57. The van der Waals surface area contributed by atoms with E-state index in [1.165, 1.54) is 23.3 Å². The second-order valence-electron chi connectivity index (χ2n) is 6.52. The number of hydrazone groups is 1. The molecule has 1 fully saturated rings. The largest absolute Gasteiger partial charge is 0.485 e. The lowest BCUT2D eigenvalue weighted by molar-refractivity contribution is 0.0275. The number of hydrogen-bond acceptors (Lipinski definition) is 5. The van der Waals surface area contributed by atoms with Crippen LogP contribution in [0.1, 0.15) is 23.7 Å². The molecule has 2 aromatic rings. The zero-order valence-electron chi connectivity index (χ0n) is 14.6. The Morgan fingerprint density at radius 1 is 1.21 bits per heavy atom. The highest BCUT2D eigenvalue weighted by Crippen LogP contribution is 2.31. The summed E-state index contributed by atoms with van der Waals surface area (Å²) in [6, 6.07) is 7.46. The van der Waals surface area contributed by atoms with Crippen molar-refractivity contribution in [2.45, 2.75) is 18.6 Å². The molecule has 0 N–H and O–H groups in total. The van der Waals surface area contributed by atoms with Gasteiger partial charge in [-0.3, -0.25) is 0 Å². The number of carbonyl (C=O) groups is 1. The van der Waals surface area contributed by atoms with E-state index in [9.17, 15) is 13.6 Å². The van der Waals surface area contributed by atoms with Crippen LogP contribution in [0.5, 0.6) is 5.75 Å². The Morgan fingerprint density at radius 2 is 1.96 bits per heavy atom. The molecule has 3 heterocycles. The van der Waals surface area contributed by atoms with Gasteiger partial charge in [-0.2, -0.15) is 10.4 Å². The lowest BCUT2D eigenvalue weighted by Gasteiger charge is -2.40. The summed E-state index contributed by atoms with van der Waals surface area (Å²) in [6.45, 7) is 0.712. The fourth-order valence-corrected chi connectivity index (χ4v) is 3.17. The van der Waals surface area contributed by atoms with Crippen molar-refractivity contribution in [3.05, 3.63) is 59.4 Å². The number of nitriles is 1. The van der Waals surface area contributed by atoms with Gasteiger partial charge in [0.25, 0.3) is 0 Å². The number of pyridine rings is 1. The number of ether oxygens (including phenoxy) is 1. The molecule has 2 amide bonds. The van der Waals surface area contributed by atoms with Crippen LogP contribution in [0, 0.1) is 23.0 Å². The molecule has 0 spiro atoms. The van der Waals surface area contributed by atoms with E-state index in [0.29, 0.717) is 36.5 Å². The van der Waals surface area contributed by atoms with Crippen molar-refractivity contribution < 1.29 is 18.3 Å². The lowest BCUT2D eigenvalue weighted by Crippen LogP contribution is -2.58. The Bertz CT molecular complexity index is 947. The third kappa shape index (κ3) is 3.49. The Balaban J connectivity index is 1.37. The van der Waals surface area contributed by atoms with Crippen LogP contribution in [-0.2, 0) is 0 Å². The molecule has 0 saturated carbocycles. The summed E-state index contributed by atoms with van der Waals surface area (Å²) in [5.41, 5.74) is 0.657. The number of benzene rings is 1. The highest BCUT2D eigenvalue weighted by Gasteiger charge is 2.39. The second kappa shape index (κ2) is 7.23. The molecule has 4 rings (SSSR count). The lowest BCUT2D eigenvalue weighted by atomic mass is 10.0. The summed E-state index contributed by atoms with van der Waals surface area (Å²) in [5.74, 6) is -0.867. The number of amides is 2. The Kier molecular flexibility index (Phi) is 4.61. The Hall–Kier alpha value is -3.54. The van der Waals surface area contributed by atoms with Gasteiger partial charge in [0.05, 0.1) is 25.3 Å². The monoisotopic (exact) mass is 383 g/mol. The predicted octanol–water partition coefficient (Wildman–Crippen LogP) is 2.85. The summed E-state index contributed by atoms with van der Waals surface area (Å²) in [5, 5.41) is 14.1. The van der Waals surface area contributed by atoms with E-state index >= 15 is 0 Å². The molecule has 1 atom stereocenters. The van der Waals surface area contributed by atoms with E-state index in [-0.39, 0.29) is 12.1 Å². The predicted molar refractivity (Wildman–Crippen MR) is 94.4 cm³/mol. The number of nitrogens with zero attached hydrogens (tertiary/aromatic N) is 5. The summed E-state index contributed by atoms with van der Waals surface area (Å²) in [6.07, 6.45) is 3.21. The van der Waals surface area contributed by atoms with Gasteiger partial charge in [-0.1, -0.05) is 0 Å². The van der Waals surface area contributed by atoms with Crippen molar-refractivity contribution in [3.63, 3.8) is 0 Å². The number of rotatable bonds is 3. The minimum absolute atomic E-state index is 0.199. The molecule has 7 nitrogen and oxygen atoms in total. The van der Waals surface area contributed by atoms with E-state index in [4.69, 9.17) is 10.00 Å². The molecule has 1 unspecified atom stereocenters. The standard InChI is InChI=1S/C19H15F2N5O2/c20-13-5-12(6-14(21)7-13)18-3-4-24-26(18)19(27)25-10-17(11-25)28-16-2-1-15(8-22)23-9-16/h1-2,4-7,9,17-18H,3,10-11H2. The molecule has 2 aliphatic heterocycles. The number of hydrogen-bond donors (Lipinski definition) is 0. The van der Waals surface area contributed by atoms with Crippen LogP contribution in [0.3, 0.4) is 0 Å². The first-order chi connectivity index (χ1) is 13.5. The first kappa shape index (κ1) is 17.9. The van der Waals surface area contributed by atoms with Crippen molar-refractivity contribution in [2.75, 3.05) is 13.1 Å². The van der Waals surface area contributed by atoms with Crippen LogP contribution in [0.2, 0.25) is 0 Å². The van der Waals surface area contributed by atoms with Gasteiger partial charge < -0.3 is 9.64 Å². The van der Waals surface area contributed by atoms with Gasteiger partial charge in [0, 0.05) is 18.7 Å². The van der Waals surface area contributed by atoms with Gasteiger partial charge in [0.1, 0.15) is 35.3 Å². The number of aromatic nitrogens is 1. The molecular formula is C19H15F2N5O2. The highest BCUT2D eigenvalue weighted by molar-refractivity contribution is 5.79. The minimum Gasteiger partial charge on any atom is -0.485 e. The van der Waals surface area contributed by atoms with Crippen molar-refractivity contribution in [2.24, 2.45) is 5.10 Å². The van der Waals surface area contributed by atoms with Crippen LogP contribution in [-0.4, -0.2) is 46.3 Å². The Morgan fingerprint density at radius 3 is 2.61 bits per heavy atom. The fraction of sp³-hybridized carbons (Fsp3) is 0.263. The molecule has 142 valence electrons. The van der Waals surface area contributed by atoms with Gasteiger partial charge in [-0.15, -0.1) is 0 Å². The maximum atomic E-state index is 13.5. The fourth-order valence-electron chi connectivity index (χ4n) is 3.17. The second-order valence-corrected chi connectivity index (χ2v) is 6.52. The number of urea groups is 1. The first-order valence-electron chi connectivity index (χ1n) is 8.63. The molecule has 1 saturated heterocycles. The molecule has 1 aromatic heterocycles. The summed E-state index contributed by atoms with van der Waals surface area (Å²) in [7, 11) is 0. The quantitative estimate of drug-likeness (QED) is 0.816. The summed E-state index contributed by atoms with van der Waals surface area (Å²) >= 11 is 0. The van der Waals surface area contributed by atoms with Crippen LogP contribution < -0.4 is 4.74 Å². The Labute approximate surface area is 159 Å². The zero-order valence-corrected chi connectivity index (χ0v) is 14.6. The SMILES string of the molecule is N#Cc1ccc(OC2CN(C(=O)N3N=CCC3c3cc(F)cc(F)c3)C2)cn1. The topological polar surface area (TPSA) is 81.8 Å². The molecule has 1 aromatic carbocycles. The molecule has 28 heavy (non-hydrogen) atoms. The number of likely N-dealkylation sites (tertiary alicyclic amines) is 1. The number of carbonyl (C=O) groups excluding carboxylic acids is 1. The highest BCUT2D eigenvalue weighted by atomic mass is 19.1. The van der Waals surface area contributed by atoms with Crippen molar-refractivity contribution in [3.8, 4) is 11.8 Å². The van der Waals surface area contributed by atoms with E-state index in [1.54, 1.807) is 23.2 Å². The van der Waals surface area contributed by atoms with Crippen LogP contribution in [0.25, 0.3) is 0 Å². The molecular weight excluding hydrogens is 368 g/mol. The van der Waals surface area contributed by atoms with Gasteiger partial charge >= 0.3 is 6.03 Å². The van der Waals surface area contributed by atoms with Gasteiger partial charge in [0.2, 0.25) is 0 Å². The average molecular weight is 383 g/mol. The molecule has 9 heteroatoms. The average Bonchev–Trinajstić information content (AvgIpc) is 3.13. The van der Waals surface area contributed by atoms with E-state index in [0.717, 1.165) is 6.07 Å². The van der Waals surface area contributed by atoms with E-state index < -0.39 is 17.7 Å². The van der Waals surface area contributed by atoms with E-state index in [1.807, 2.05) is 6.07 Å². The number of halogens is 2. The summed E-state index contributed by atoms with van der Waals surface area (Å²) < 4.78 is 32.7. The van der Waals surface area contributed by atoms with Crippen LogP contribution >= 0.6 is 0 Å². The van der Waals surface area contributed by atoms with Gasteiger partial charge in [0.15, 0.2) is 0 Å². The first-order valence-corrected chi connectivity index (χ1v) is 8.63. The third-order valence-corrected chi connectivity index (χ3v) is 4.57. The van der Waals surface area contributed by atoms with Gasteiger partial charge in [-0.25, -0.2) is 23.6 Å². The maximum absolute atomic E-state index is 13.5. The smallest absolute Gasteiger partial charge is 0.341 e. The zero-order chi connectivity index (χ0) is 19.7. The van der Waals surface area contributed by atoms with Crippen molar-refractivity contribution in [1.82, 2.24) is 14.9 Å². The van der Waals surface area contributed by atoms with Gasteiger partial charge in [-0.05, 0) is 29.8 Å². The molecule has 2 aliphatic rings. The summed E-state index contributed by atoms with van der Waals surface area (Å²) in [4.78, 5) is 18.2. The molecule has 0 radical (unpaired) electrons. The maximum Gasteiger partial charge on any atom is 0.341 e. The molecule has 0 bridgehead atoms. The van der Waals surface area contributed by atoms with Crippen LogP contribution in [0.15, 0.2) is 41.6 Å². The van der Waals surface area contributed by atoms with Crippen molar-refractivity contribution in [1.29, 1.82) is 5.26 Å². The minimum atomic E-state index is -0.692. The normalized spacial score (nSPS) is 18.7. The van der Waals surface area contributed by atoms with Crippen molar-refractivity contribution >= 4 is 12.2 Å². The van der Waals surface area contributed by atoms with E-state index in [2.05, 4.69) is 10.1 Å². The van der Waals surface area contributed by atoms with Crippen LogP contribution in [0.4, 0.5) is 13.6 Å².